The lowest BCUT2D eigenvalue weighted by atomic mass is 10.1. The van der Waals surface area contributed by atoms with Crippen LogP contribution >= 0.6 is 0 Å². The minimum atomic E-state index is -0.465. The van der Waals surface area contributed by atoms with Crippen LogP contribution in [-0.2, 0) is 9.53 Å². The van der Waals surface area contributed by atoms with Gasteiger partial charge in [0.2, 0.25) is 0 Å². The van der Waals surface area contributed by atoms with Crippen LogP contribution in [0.1, 0.15) is 18.9 Å². The van der Waals surface area contributed by atoms with Gasteiger partial charge in [0.25, 0.3) is 0 Å². The smallest absolute Gasteiger partial charge is 0.309 e. The molecule has 4 N–H and O–H groups in total. The number of halogens is 1. The van der Waals surface area contributed by atoms with Gasteiger partial charge in [-0.05, 0) is 19.1 Å². The SMILES string of the molecule is CCOC(=O)CC=Cc1cc(F)cc(N)c1N. The Morgan fingerprint density at radius 2 is 2.18 bits per heavy atom. The van der Waals surface area contributed by atoms with Gasteiger partial charge >= 0.3 is 5.97 Å². The fourth-order valence-electron chi connectivity index (χ4n) is 1.30. The second-order valence-corrected chi connectivity index (χ2v) is 3.41. The molecule has 17 heavy (non-hydrogen) atoms. The molecule has 5 heteroatoms. The van der Waals surface area contributed by atoms with Crippen molar-refractivity contribution < 1.29 is 13.9 Å². The van der Waals surface area contributed by atoms with Crippen molar-refractivity contribution in [3.8, 4) is 0 Å². The number of rotatable bonds is 4. The van der Waals surface area contributed by atoms with Gasteiger partial charge in [0.05, 0.1) is 24.4 Å². The lowest BCUT2D eigenvalue weighted by Gasteiger charge is -2.04. The molecule has 0 fully saturated rings. The minimum absolute atomic E-state index is 0.115. The molecule has 0 saturated heterocycles. The zero-order chi connectivity index (χ0) is 12.8. The first-order valence-electron chi connectivity index (χ1n) is 5.21. The highest BCUT2D eigenvalue weighted by Crippen LogP contribution is 2.23. The molecule has 0 unspecified atom stereocenters. The molecule has 0 spiro atoms. The Bertz CT molecular complexity index is 444. The number of ether oxygens (including phenoxy) is 1. The van der Waals surface area contributed by atoms with E-state index in [1.54, 1.807) is 19.1 Å². The molecule has 1 aromatic carbocycles. The summed E-state index contributed by atoms with van der Waals surface area (Å²) in [6, 6.07) is 2.41. The second-order valence-electron chi connectivity index (χ2n) is 3.41. The second kappa shape index (κ2) is 5.89. The molecule has 0 radical (unpaired) electrons. The summed E-state index contributed by atoms with van der Waals surface area (Å²) in [5, 5.41) is 0. The van der Waals surface area contributed by atoms with Crippen LogP contribution in [0.2, 0.25) is 0 Å². The molecule has 0 aromatic heterocycles. The Morgan fingerprint density at radius 1 is 1.47 bits per heavy atom. The Kier molecular flexibility index (Phi) is 4.51. The fraction of sp³-hybridized carbons (Fsp3) is 0.250. The first kappa shape index (κ1) is 13.0. The average Bonchev–Trinajstić information content (AvgIpc) is 2.25. The highest BCUT2D eigenvalue weighted by Gasteiger charge is 2.03. The van der Waals surface area contributed by atoms with Crippen molar-refractivity contribution in [1.82, 2.24) is 0 Å². The van der Waals surface area contributed by atoms with Gasteiger partial charge in [0, 0.05) is 5.56 Å². The molecule has 0 aliphatic carbocycles. The van der Waals surface area contributed by atoms with Gasteiger partial charge < -0.3 is 16.2 Å². The van der Waals surface area contributed by atoms with Crippen molar-refractivity contribution in [2.24, 2.45) is 0 Å². The van der Waals surface area contributed by atoms with Crippen molar-refractivity contribution >= 4 is 23.4 Å². The quantitative estimate of drug-likeness (QED) is 0.620. The van der Waals surface area contributed by atoms with Gasteiger partial charge in [-0.1, -0.05) is 12.2 Å². The third kappa shape index (κ3) is 3.79. The Morgan fingerprint density at radius 3 is 2.82 bits per heavy atom. The number of benzene rings is 1. The molecule has 4 nitrogen and oxygen atoms in total. The summed E-state index contributed by atoms with van der Waals surface area (Å²) in [6.07, 6.45) is 3.22. The Balaban J connectivity index is 2.74. The van der Waals surface area contributed by atoms with E-state index in [4.69, 9.17) is 16.2 Å². The van der Waals surface area contributed by atoms with E-state index in [1.807, 2.05) is 0 Å². The average molecular weight is 238 g/mol. The number of carbonyl (C=O) groups excluding carboxylic acids is 1. The maximum atomic E-state index is 13.1. The van der Waals surface area contributed by atoms with Crippen LogP contribution in [0.5, 0.6) is 0 Å². The Labute approximate surface area is 99.1 Å². The predicted octanol–water partition coefficient (Wildman–Crippen LogP) is 1.96. The van der Waals surface area contributed by atoms with Crippen molar-refractivity contribution in [3.05, 3.63) is 29.6 Å². The number of nitrogen functional groups attached to an aromatic ring is 2. The van der Waals surface area contributed by atoms with E-state index >= 15 is 0 Å². The summed E-state index contributed by atoms with van der Waals surface area (Å²) in [5.41, 5.74) is 12.1. The van der Waals surface area contributed by atoms with E-state index in [1.165, 1.54) is 6.07 Å². The highest BCUT2D eigenvalue weighted by molar-refractivity contribution is 5.78. The van der Waals surface area contributed by atoms with Crippen LogP contribution in [-0.4, -0.2) is 12.6 Å². The van der Waals surface area contributed by atoms with E-state index in [9.17, 15) is 9.18 Å². The number of anilines is 2. The van der Waals surface area contributed by atoms with Gasteiger partial charge in [-0.2, -0.15) is 0 Å². The van der Waals surface area contributed by atoms with E-state index in [-0.39, 0.29) is 18.1 Å². The maximum absolute atomic E-state index is 13.1. The molecule has 0 bridgehead atoms. The monoisotopic (exact) mass is 238 g/mol. The van der Waals surface area contributed by atoms with Crippen LogP contribution in [0.25, 0.3) is 6.08 Å². The summed E-state index contributed by atoms with van der Waals surface area (Å²) < 4.78 is 17.8. The summed E-state index contributed by atoms with van der Waals surface area (Å²) in [5.74, 6) is -0.806. The molecular weight excluding hydrogens is 223 g/mol. The van der Waals surface area contributed by atoms with Crippen LogP contribution in [0.3, 0.4) is 0 Å². The van der Waals surface area contributed by atoms with Gasteiger partial charge in [-0.15, -0.1) is 0 Å². The van der Waals surface area contributed by atoms with Gasteiger partial charge in [0.15, 0.2) is 0 Å². The van der Waals surface area contributed by atoms with Crippen LogP contribution in [0, 0.1) is 5.82 Å². The molecular formula is C12H15FN2O2. The van der Waals surface area contributed by atoms with Gasteiger partial charge in [-0.3, -0.25) is 4.79 Å². The normalized spacial score (nSPS) is 10.7. The summed E-state index contributed by atoms with van der Waals surface area (Å²) in [7, 11) is 0. The van der Waals surface area contributed by atoms with Crippen LogP contribution < -0.4 is 11.5 Å². The number of hydrogen-bond acceptors (Lipinski definition) is 4. The van der Waals surface area contributed by atoms with E-state index in [2.05, 4.69) is 0 Å². The molecule has 1 aromatic rings. The number of carbonyl (C=O) groups is 1. The first-order valence-corrected chi connectivity index (χ1v) is 5.21. The van der Waals surface area contributed by atoms with Crippen LogP contribution in [0.15, 0.2) is 18.2 Å². The number of hydrogen-bond donors (Lipinski definition) is 2. The maximum Gasteiger partial charge on any atom is 0.309 e. The zero-order valence-corrected chi connectivity index (χ0v) is 9.57. The largest absolute Gasteiger partial charge is 0.466 e. The summed E-state index contributed by atoms with van der Waals surface area (Å²) >= 11 is 0. The summed E-state index contributed by atoms with van der Waals surface area (Å²) in [6.45, 7) is 2.06. The summed E-state index contributed by atoms with van der Waals surface area (Å²) in [4.78, 5) is 11.0. The minimum Gasteiger partial charge on any atom is -0.466 e. The van der Waals surface area contributed by atoms with Crippen LogP contribution in [0.4, 0.5) is 15.8 Å². The molecule has 0 amide bonds. The molecule has 0 heterocycles. The van der Waals surface area contributed by atoms with E-state index in [0.717, 1.165) is 6.07 Å². The third-order valence-corrected chi connectivity index (χ3v) is 2.10. The number of esters is 1. The predicted molar refractivity (Wildman–Crippen MR) is 65.5 cm³/mol. The molecule has 0 aliphatic heterocycles. The Hall–Kier alpha value is -2.04. The van der Waals surface area contributed by atoms with E-state index < -0.39 is 5.82 Å². The molecule has 1 rings (SSSR count). The molecule has 0 saturated carbocycles. The lowest BCUT2D eigenvalue weighted by Crippen LogP contribution is -2.01. The topological polar surface area (TPSA) is 78.3 Å². The van der Waals surface area contributed by atoms with Crippen molar-refractivity contribution in [1.29, 1.82) is 0 Å². The first-order chi connectivity index (χ1) is 8.04. The van der Waals surface area contributed by atoms with Gasteiger partial charge in [0.1, 0.15) is 5.82 Å². The van der Waals surface area contributed by atoms with Crippen molar-refractivity contribution in [2.45, 2.75) is 13.3 Å². The van der Waals surface area contributed by atoms with Crippen molar-refractivity contribution in [3.63, 3.8) is 0 Å². The standard InChI is InChI=1S/C12H15FN2O2/c1-2-17-11(16)5-3-4-8-6-9(13)7-10(14)12(8)15/h3-4,6-7H,2,5,14-15H2,1H3. The molecule has 92 valence electrons. The lowest BCUT2D eigenvalue weighted by molar-refractivity contribution is -0.142. The van der Waals surface area contributed by atoms with E-state index in [0.29, 0.717) is 17.9 Å². The zero-order valence-electron chi connectivity index (χ0n) is 9.57. The van der Waals surface area contributed by atoms with Gasteiger partial charge in [-0.25, -0.2) is 4.39 Å². The highest BCUT2D eigenvalue weighted by atomic mass is 19.1. The fourth-order valence-corrected chi connectivity index (χ4v) is 1.30. The third-order valence-electron chi connectivity index (χ3n) is 2.10. The molecule has 0 aliphatic rings. The molecule has 0 atom stereocenters. The van der Waals surface area contributed by atoms with Crippen molar-refractivity contribution in [2.75, 3.05) is 18.1 Å². The number of nitrogens with two attached hydrogens (primary N) is 2.